The quantitative estimate of drug-likeness (QED) is 0.490. The Kier molecular flexibility index (Phi) is 4.03. The van der Waals surface area contributed by atoms with E-state index in [1.54, 1.807) is 6.92 Å². The van der Waals surface area contributed by atoms with Gasteiger partial charge in [0.1, 0.15) is 0 Å². The van der Waals surface area contributed by atoms with Crippen molar-refractivity contribution in [2.75, 3.05) is 0 Å². The Hall–Kier alpha value is -0.640. The van der Waals surface area contributed by atoms with Crippen molar-refractivity contribution in [3.05, 3.63) is 12.2 Å². The first-order valence-electron chi connectivity index (χ1n) is 2.91. The van der Waals surface area contributed by atoms with Crippen molar-refractivity contribution >= 4 is 13.8 Å². The topological polar surface area (TPSA) is 83.8 Å². The summed E-state index contributed by atoms with van der Waals surface area (Å²) in [5.41, 5.74) is 0. The van der Waals surface area contributed by atoms with E-state index < -0.39 is 13.8 Å². The minimum Gasteiger partial charge on any atom is -0.367 e. The zero-order valence-corrected chi connectivity index (χ0v) is 6.82. The zero-order chi connectivity index (χ0) is 8.91. The van der Waals surface area contributed by atoms with E-state index in [0.29, 0.717) is 6.42 Å². The highest BCUT2D eigenvalue weighted by molar-refractivity contribution is 7.46. The molecule has 0 aliphatic carbocycles. The molecule has 0 aliphatic heterocycles. The summed E-state index contributed by atoms with van der Waals surface area (Å²) < 4.78 is 13.7. The molecule has 64 valence electrons. The second kappa shape index (κ2) is 4.28. The van der Waals surface area contributed by atoms with Crippen LogP contribution in [0.2, 0.25) is 0 Å². The molecule has 0 saturated heterocycles. The fourth-order valence-corrected chi connectivity index (χ4v) is 0.657. The number of hydrogen-bond donors (Lipinski definition) is 2. The van der Waals surface area contributed by atoms with Crippen LogP contribution in [0.4, 0.5) is 0 Å². The van der Waals surface area contributed by atoms with Crippen LogP contribution in [0.15, 0.2) is 12.2 Å². The molecule has 0 saturated carbocycles. The monoisotopic (exact) mass is 180 g/mol. The maximum Gasteiger partial charge on any atom is 0.527 e. The largest absolute Gasteiger partial charge is 0.527 e. The summed E-state index contributed by atoms with van der Waals surface area (Å²) >= 11 is 0. The van der Waals surface area contributed by atoms with Gasteiger partial charge in [0.15, 0.2) is 0 Å². The second-order valence-electron chi connectivity index (χ2n) is 1.71. The van der Waals surface area contributed by atoms with Crippen LogP contribution in [0.5, 0.6) is 0 Å². The molecule has 0 rings (SSSR count). The third kappa shape index (κ3) is 7.25. The molecule has 6 heteroatoms. The molecule has 0 amide bonds. The van der Waals surface area contributed by atoms with E-state index in [1.165, 1.54) is 6.08 Å². The predicted molar refractivity (Wildman–Crippen MR) is 37.6 cm³/mol. The molecule has 0 bridgehead atoms. The Morgan fingerprint density at radius 3 is 2.55 bits per heavy atom. The van der Waals surface area contributed by atoms with Gasteiger partial charge in [-0.1, -0.05) is 13.0 Å². The normalized spacial score (nSPS) is 11.9. The van der Waals surface area contributed by atoms with E-state index in [9.17, 15) is 9.36 Å². The summed E-state index contributed by atoms with van der Waals surface area (Å²) in [5, 5.41) is 0. The smallest absolute Gasteiger partial charge is 0.367 e. The lowest BCUT2D eigenvalue weighted by Gasteiger charge is -2.00. The van der Waals surface area contributed by atoms with Gasteiger partial charge in [-0.05, 0) is 6.42 Å². The van der Waals surface area contributed by atoms with Crippen LogP contribution < -0.4 is 0 Å². The predicted octanol–water partition coefficient (Wildman–Crippen LogP) is 0.589. The standard InChI is InChI=1S/C5H9O5P/c1-2-3-4-5(6)10-11(7,8)9/h3-4H,2H2,1H3,(H2,7,8,9). The summed E-state index contributed by atoms with van der Waals surface area (Å²) in [6, 6.07) is 0. The van der Waals surface area contributed by atoms with Gasteiger partial charge in [-0.3, -0.25) is 9.79 Å². The first-order chi connectivity index (χ1) is 4.95. The summed E-state index contributed by atoms with van der Waals surface area (Å²) in [6.07, 6.45) is 3.02. The molecule has 0 unspecified atom stereocenters. The average Bonchev–Trinajstić information content (AvgIpc) is 1.79. The van der Waals surface area contributed by atoms with Crippen LogP contribution in [0.3, 0.4) is 0 Å². The summed E-state index contributed by atoms with van der Waals surface area (Å²) in [5.74, 6) is -1.03. The zero-order valence-electron chi connectivity index (χ0n) is 5.93. The van der Waals surface area contributed by atoms with Crippen LogP contribution >= 0.6 is 7.82 Å². The van der Waals surface area contributed by atoms with E-state index in [0.717, 1.165) is 6.08 Å². The molecular weight excluding hydrogens is 171 g/mol. The molecule has 0 spiro atoms. The summed E-state index contributed by atoms with van der Waals surface area (Å²) in [6.45, 7) is 1.78. The molecule has 2 N–H and O–H groups in total. The third-order valence-electron chi connectivity index (χ3n) is 0.699. The number of carbonyl (C=O) groups excluding carboxylic acids is 1. The van der Waals surface area contributed by atoms with Crippen molar-refractivity contribution in [2.24, 2.45) is 0 Å². The van der Waals surface area contributed by atoms with Gasteiger partial charge in [-0.15, -0.1) is 0 Å². The first-order valence-corrected chi connectivity index (χ1v) is 4.44. The number of rotatable bonds is 3. The van der Waals surface area contributed by atoms with Gasteiger partial charge in [0, 0.05) is 6.08 Å². The lowest BCUT2D eigenvalue weighted by Crippen LogP contribution is -1.97. The van der Waals surface area contributed by atoms with Gasteiger partial charge in [0.25, 0.3) is 0 Å². The molecule has 0 aliphatic rings. The molecule has 0 aromatic carbocycles. The van der Waals surface area contributed by atoms with Crippen molar-refractivity contribution in [2.45, 2.75) is 13.3 Å². The fraction of sp³-hybridized carbons (Fsp3) is 0.400. The Balaban J connectivity index is 3.90. The van der Waals surface area contributed by atoms with Crippen LogP contribution in [0.1, 0.15) is 13.3 Å². The highest BCUT2D eigenvalue weighted by atomic mass is 31.2. The van der Waals surface area contributed by atoms with Gasteiger partial charge < -0.3 is 4.52 Å². The summed E-state index contributed by atoms with van der Waals surface area (Å²) in [4.78, 5) is 26.7. The van der Waals surface area contributed by atoms with Crippen molar-refractivity contribution < 1.29 is 23.7 Å². The number of allylic oxidation sites excluding steroid dienone is 1. The first kappa shape index (κ1) is 10.4. The number of hydrogen-bond acceptors (Lipinski definition) is 3. The van der Waals surface area contributed by atoms with Gasteiger partial charge in [0.05, 0.1) is 0 Å². The van der Waals surface area contributed by atoms with Gasteiger partial charge >= 0.3 is 13.8 Å². The van der Waals surface area contributed by atoms with E-state index in [1.807, 2.05) is 0 Å². The fourth-order valence-electron chi connectivity index (χ4n) is 0.362. The molecule has 11 heavy (non-hydrogen) atoms. The van der Waals surface area contributed by atoms with Crippen molar-refractivity contribution in [1.82, 2.24) is 0 Å². The number of phosphoric ester groups is 1. The lowest BCUT2D eigenvalue weighted by atomic mass is 10.4. The Bertz CT molecular complexity index is 203. The van der Waals surface area contributed by atoms with Crippen LogP contribution in [0.25, 0.3) is 0 Å². The molecule has 0 aromatic rings. The van der Waals surface area contributed by atoms with E-state index in [2.05, 4.69) is 4.52 Å². The molecule has 5 nitrogen and oxygen atoms in total. The molecule has 0 atom stereocenters. The third-order valence-corrected chi connectivity index (χ3v) is 1.12. The van der Waals surface area contributed by atoms with Gasteiger partial charge in [-0.25, -0.2) is 9.36 Å². The molecule has 0 radical (unpaired) electrons. The average molecular weight is 180 g/mol. The van der Waals surface area contributed by atoms with Gasteiger partial charge in [-0.2, -0.15) is 0 Å². The van der Waals surface area contributed by atoms with Crippen molar-refractivity contribution in [3.8, 4) is 0 Å². The van der Waals surface area contributed by atoms with Crippen molar-refractivity contribution in [3.63, 3.8) is 0 Å². The Morgan fingerprint density at radius 2 is 2.18 bits per heavy atom. The van der Waals surface area contributed by atoms with E-state index in [-0.39, 0.29) is 0 Å². The highest BCUT2D eigenvalue weighted by Crippen LogP contribution is 2.35. The summed E-state index contributed by atoms with van der Waals surface area (Å²) in [7, 11) is -4.66. The maximum atomic E-state index is 10.4. The lowest BCUT2D eigenvalue weighted by molar-refractivity contribution is -0.130. The molecular formula is C5H9O5P. The number of carbonyl (C=O) groups is 1. The van der Waals surface area contributed by atoms with Crippen LogP contribution in [-0.4, -0.2) is 15.8 Å². The van der Waals surface area contributed by atoms with Crippen LogP contribution in [0, 0.1) is 0 Å². The second-order valence-corrected chi connectivity index (χ2v) is 2.88. The minimum atomic E-state index is -4.66. The Labute approximate surface area is 63.9 Å². The molecule has 0 heterocycles. The highest BCUT2D eigenvalue weighted by Gasteiger charge is 2.17. The molecule has 0 fully saturated rings. The maximum absolute atomic E-state index is 10.4. The van der Waals surface area contributed by atoms with Crippen molar-refractivity contribution in [1.29, 1.82) is 0 Å². The Morgan fingerprint density at radius 1 is 1.64 bits per heavy atom. The van der Waals surface area contributed by atoms with Gasteiger partial charge in [0.2, 0.25) is 0 Å². The van der Waals surface area contributed by atoms with E-state index in [4.69, 9.17) is 9.79 Å². The number of phosphoric acid groups is 1. The SMILES string of the molecule is CCC=CC(=O)OP(=O)(O)O. The molecule has 0 aromatic heterocycles. The van der Waals surface area contributed by atoms with E-state index >= 15 is 0 Å². The minimum absolute atomic E-state index is 0.607. The van der Waals surface area contributed by atoms with Crippen LogP contribution in [-0.2, 0) is 13.9 Å².